The molecule has 3 rings (SSSR count). The molecule has 0 aromatic carbocycles. The summed E-state index contributed by atoms with van der Waals surface area (Å²) < 4.78 is 4.95. The summed E-state index contributed by atoms with van der Waals surface area (Å²) in [5.41, 5.74) is 0.673. The zero-order valence-corrected chi connectivity index (χ0v) is 9.13. The average Bonchev–Trinajstić information content (AvgIpc) is 2.97. The summed E-state index contributed by atoms with van der Waals surface area (Å²) in [6.45, 7) is 1.80. The first kappa shape index (κ1) is 9.70. The van der Waals surface area contributed by atoms with Crippen LogP contribution in [0.4, 0.5) is 0 Å². The van der Waals surface area contributed by atoms with Crippen molar-refractivity contribution in [2.24, 2.45) is 11.8 Å². The Hall–Kier alpha value is -1.51. The minimum atomic E-state index is 0.114. The summed E-state index contributed by atoms with van der Waals surface area (Å²) in [5.74, 6) is 1.45. The van der Waals surface area contributed by atoms with Crippen molar-refractivity contribution in [2.75, 3.05) is 13.1 Å². The number of furan rings is 1. The largest absolute Gasteiger partial charge is 0.472 e. The van der Waals surface area contributed by atoms with Gasteiger partial charge in [-0.15, -0.1) is 0 Å². The van der Waals surface area contributed by atoms with Gasteiger partial charge in [0.15, 0.2) is 0 Å². The van der Waals surface area contributed by atoms with E-state index in [0.717, 1.165) is 25.9 Å². The number of hydrogen-bond acceptors (Lipinski definition) is 2. The fourth-order valence-electron chi connectivity index (χ4n) is 2.75. The third-order valence-electron chi connectivity index (χ3n) is 3.68. The van der Waals surface area contributed by atoms with Crippen molar-refractivity contribution in [3.05, 3.63) is 36.3 Å². The Balaban J connectivity index is 1.72. The van der Waals surface area contributed by atoms with Crippen LogP contribution in [0.15, 0.2) is 35.2 Å². The smallest absolute Gasteiger partial charge is 0.257 e. The fraction of sp³-hybridized carbons (Fsp3) is 0.462. The molecule has 3 nitrogen and oxygen atoms in total. The summed E-state index contributed by atoms with van der Waals surface area (Å²) in [4.78, 5) is 14.1. The molecule has 1 aromatic heterocycles. The van der Waals surface area contributed by atoms with Crippen LogP contribution in [0.5, 0.6) is 0 Å². The Morgan fingerprint density at radius 2 is 1.94 bits per heavy atom. The highest BCUT2D eigenvalue weighted by molar-refractivity contribution is 5.94. The third-order valence-corrected chi connectivity index (χ3v) is 3.68. The Morgan fingerprint density at radius 3 is 2.50 bits per heavy atom. The number of carbonyl (C=O) groups excluding carboxylic acids is 1. The lowest BCUT2D eigenvalue weighted by Gasteiger charge is -2.17. The Labute approximate surface area is 94.7 Å². The van der Waals surface area contributed by atoms with E-state index in [-0.39, 0.29) is 5.91 Å². The molecule has 1 aromatic rings. The van der Waals surface area contributed by atoms with Gasteiger partial charge in [-0.3, -0.25) is 4.79 Å². The van der Waals surface area contributed by atoms with Crippen LogP contribution >= 0.6 is 0 Å². The van der Waals surface area contributed by atoms with Crippen molar-refractivity contribution >= 4 is 5.91 Å². The van der Waals surface area contributed by atoms with E-state index in [0.29, 0.717) is 17.4 Å². The van der Waals surface area contributed by atoms with E-state index >= 15 is 0 Å². The molecule has 2 unspecified atom stereocenters. The minimum Gasteiger partial charge on any atom is -0.472 e. The van der Waals surface area contributed by atoms with E-state index in [9.17, 15) is 4.79 Å². The summed E-state index contributed by atoms with van der Waals surface area (Å²) in [7, 11) is 0. The van der Waals surface area contributed by atoms with Crippen LogP contribution in [-0.4, -0.2) is 23.9 Å². The molecule has 1 fully saturated rings. The van der Waals surface area contributed by atoms with E-state index in [4.69, 9.17) is 4.42 Å². The van der Waals surface area contributed by atoms with Crippen LogP contribution in [0.2, 0.25) is 0 Å². The molecule has 0 spiro atoms. The summed E-state index contributed by atoms with van der Waals surface area (Å²) in [5, 5.41) is 0. The van der Waals surface area contributed by atoms with Gasteiger partial charge in [0.2, 0.25) is 0 Å². The zero-order chi connectivity index (χ0) is 11.0. The number of amides is 1. The standard InChI is InChI=1S/C13H15NO2/c15-13(12-5-6-16-9-12)14-7-10-3-1-2-4-11(10)8-14/h1-2,5-6,9-11H,3-4,7-8H2. The van der Waals surface area contributed by atoms with Gasteiger partial charge in [0, 0.05) is 13.1 Å². The van der Waals surface area contributed by atoms with Crippen LogP contribution < -0.4 is 0 Å². The van der Waals surface area contributed by atoms with E-state index in [1.165, 1.54) is 6.26 Å². The first-order valence-corrected chi connectivity index (χ1v) is 5.81. The molecule has 1 aliphatic heterocycles. The van der Waals surface area contributed by atoms with Gasteiger partial charge in [0.1, 0.15) is 6.26 Å². The molecule has 0 bridgehead atoms. The van der Waals surface area contributed by atoms with Crippen LogP contribution in [0.1, 0.15) is 23.2 Å². The molecule has 16 heavy (non-hydrogen) atoms. The molecular formula is C13H15NO2. The number of hydrogen-bond donors (Lipinski definition) is 0. The lowest BCUT2D eigenvalue weighted by molar-refractivity contribution is 0.0783. The molecule has 0 saturated carbocycles. The summed E-state index contributed by atoms with van der Waals surface area (Å²) in [6.07, 6.45) is 9.82. The Kier molecular flexibility index (Phi) is 2.31. The second kappa shape index (κ2) is 3.81. The molecule has 1 amide bonds. The number of allylic oxidation sites excluding steroid dienone is 2. The zero-order valence-electron chi connectivity index (χ0n) is 9.13. The summed E-state index contributed by atoms with van der Waals surface area (Å²) in [6, 6.07) is 1.74. The van der Waals surface area contributed by atoms with Gasteiger partial charge >= 0.3 is 0 Å². The lowest BCUT2D eigenvalue weighted by Crippen LogP contribution is -2.28. The van der Waals surface area contributed by atoms with Gasteiger partial charge in [-0.05, 0) is 30.7 Å². The molecule has 2 heterocycles. The summed E-state index contributed by atoms with van der Waals surface area (Å²) >= 11 is 0. The lowest BCUT2D eigenvalue weighted by atomic mass is 9.86. The molecule has 0 radical (unpaired) electrons. The molecule has 84 valence electrons. The van der Waals surface area contributed by atoms with Crippen LogP contribution in [0, 0.1) is 11.8 Å². The van der Waals surface area contributed by atoms with E-state index in [2.05, 4.69) is 12.2 Å². The highest BCUT2D eigenvalue weighted by Crippen LogP contribution is 2.33. The molecule has 0 N–H and O–H groups in total. The predicted molar refractivity (Wildman–Crippen MR) is 60.0 cm³/mol. The second-order valence-electron chi connectivity index (χ2n) is 4.69. The molecular weight excluding hydrogens is 202 g/mol. The van der Waals surface area contributed by atoms with E-state index < -0.39 is 0 Å². The van der Waals surface area contributed by atoms with Gasteiger partial charge in [0.25, 0.3) is 5.91 Å². The monoisotopic (exact) mass is 217 g/mol. The molecule has 2 atom stereocenters. The van der Waals surface area contributed by atoms with E-state index in [1.54, 1.807) is 12.3 Å². The van der Waals surface area contributed by atoms with E-state index in [1.807, 2.05) is 4.90 Å². The normalized spacial score (nSPS) is 28.1. The SMILES string of the molecule is O=C(c1ccoc1)N1CC2CC=CCC2C1. The fourth-order valence-corrected chi connectivity index (χ4v) is 2.75. The van der Waals surface area contributed by atoms with Crippen LogP contribution in [-0.2, 0) is 0 Å². The van der Waals surface area contributed by atoms with Crippen LogP contribution in [0.3, 0.4) is 0 Å². The first-order chi connectivity index (χ1) is 7.84. The number of carbonyl (C=O) groups is 1. The maximum absolute atomic E-state index is 12.1. The molecule has 1 aliphatic carbocycles. The quantitative estimate of drug-likeness (QED) is 0.676. The maximum Gasteiger partial charge on any atom is 0.257 e. The second-order valence-corrected chi connectivity index (χ2v) is 4.69. The highest BCUT2D eigenvalue weighted by atomic mass is 16.3. The molecule has 3 heteroatoms. The molecule has 2 aliphatic rings. The van der Waals surface area contributed by atoms with Crippen molar-refractivity contribution in [3.63, 3.8) is 0 Å². The van der Waals surface area contributed by atoms with Gasteiger partial charge < -0.3 is 9.32 Å². The number of rotatable bonds is 1. The Bertz CT molecular complexity index is 392. The number of fused-ring (bicyclic) bond motifs is 1. The number of likely N-dealkylation sites (tertiary alicyclic amines) is 1. The third kappa shape index (κ3) is 1.56. The topological polar surface area (TPSA) is 33.5 Å². The minimum absolute atomic E-state index is 0.114. The van der Waals surface area contributed by atoms with Crippen LogP contribution in [0.25, 0.3) is 0 Å². The van der Waals surface area contributed by atoms with Gasteiger partial charge in [-0.2, -0.15) is 0 Å². The van der Waals surface area contributed by atoms with Crippen molar-refractivity contribution < 1.29 is 9.21 Å². The number of nitrogens with zero attached hydrogens (tertiary/aromatic N) is 1. The van der Waals surface area contributed by atoms with Crippen molar-refractivity contribution in [1.29, 1.82) is 0 Å². The van der Waals surface area contributed by atoms with Gasteiger partial charge in [-0.1, -0.05) is 12.2 Å². The molecule has 1 saturated heterocycles. The predicted octanol–water partition coefficient (Wildman–Crippen LogP) is 2.32. The highest BCUT2D eigenvalue weighted by Gasteiger charge is 2.35. The van der Waals surface area contributed by atoms with Gasteiger partial charge in [-0.25, -0.2) is 0 Å². The van der Waals surface area contributed by atoms with Gasteiger partial charge in [0.05, 0.1) is 11.8 Å². The average molecular weight is 217 g/mol. The first-order valence-electron chi connectivity index (χ1n) is 5.81. The Morgan fingerprint density at radius 1 is 1.25 bits per heavy atom. The van der Waals surface area contributed by atoms with Crippen molar-refractivity contribution in [1.82, 2.24) is 4.90 Å². The van der Waals surface area contributed by atoms with Crippen molar-refractivity contribution in [2.45, 2.75) is 12.8 Å². The van der Waals surface area contributed by atoms with Crippen molar-refractivity contribution in [3.8, 4) is 0 Å². The maximum atomic E-state index is 12.1.